The van der Waals surface area contributed by atoms with Crippen molar-refractivity contribution in [3.05, 3.63) is 161 Å². The molecular weight excluding hydrogens is 745 g/mol. The van der Waals surface area contributed by atoms with Gasteiger partial charge in [-0.3, -0.25) is 14.5 Å². The van der Waals surface area contributed by atoms with E-state index in [2.05, 4.69) is 12.2 Å². The topological polar surface area (TPSA) is 152 Å². The van der Waals surface area contributed by atoms with E-state index in [0.717, 1.165) is 43.8 Å². The van der Waals surface area contributed by atoms with Gasteiger partial charge in [-0.1, -0.05) is 110 Å². The molecule has 292 valence electrons. The van der Waals surface area contributed by atoms with Gasteiger partial charge in [0.1, 0.15) is 12.6 Å². The molecule has 2 heterocycles. The van der Waals surface area contributed by atoms with Crippen LogP contribution in [0, 0.1) is 5.92 Å². The van der Waals surface area contributed by atoms with Crippen LogP contribution in [0.3, 0.4) is 0 Å². The maximum absolute atomic E-state index is 13.3. The zero-order chi connectivity index (χ0) is 39.9. The second-order valence-electron chi connectivity index (χ2n) is 14.0. The third-order valence-corrected chi connectivity index (χ3v) is 11.3. The van der Waals surface area contributed by atoms with E-state index in [1.807, 2.05) is 109 Å². The second kappa shape index (κ2) is 18.0. The third-order valence-electron chi connectivity index (χ3n) is 10.2. The number of hydrogen-bond acceptors (Lipinski definition) is 9. The van der Waals surface area contributed by atoms with Crippen LogP contribution in [-0.2, 0) is 43.6 Å². The molecule has 0 radical (unpaired) electrons. The van der Waals surface area contributed by atoms with Crippen LogP contribution in [0.1, 0.15) is 63.9 Å². The highest BCUT2D eigenvalue weighted by Gasteiger charge is 2.40. The number of rotatable bonds is 13. The van der Waals surface area contributed by atoms with E-state index in [9.17, 15) is 29.4 Å². The summed E-state index contributed by atoms with van der Waals surface area (Å²) in [5.41, 5.74) is 5.99. The molecule has 1 unspecified atom stereocenters. The Morgan fingerprint density at radius 1 is 0.807 bits per heavy atom. The number of carboxylic acids is 1. The quantitative estimate of drug-likeness (QED) is 0.0801. The van der Waals surface area contributed by atoms with Gasteiger partial charge < -0.3 is 29.7 Å². The molecule has 0 saturated carbocycles. The maximum Gasteiger partial charge on any atom is 0.408 e. The Hall–Kier alpha value is -5.79. The third kappa shape index (κ3) is 9.44. The lowest BCUT2D eigenvalue weighted by Gasteiger charge is -2.41. The van der Waals surface area contributed by atoms with Crippen LogP contribution >= 0.6 is 11.8 Å². The fraction of sp³-hybridized carbons (Fsp3) is 0.244. The number of nitrogens with zero attached hydrogens (tertiary/aromatic N) is 1. The number of ether oxygens (including phenoxy) is 3. The standard InChI is InChI=1S/C45H42N2O9S/c1-28-38(27-57-39-16-6-5-15-36(39)43(51)52)55-44(56-41(28)32-19-17-29(25-48)18-20-32)35-14-8-13-34(22-35)33-12-7-11-31(21-33)24-47-40(49)23-37(42(47)50)46-45(53)54-26-30-9-3-2-4-10-30/h2-22,28,37-38,41,44,48H,23-27H2,1H3,(H,46,53)(H,51,52)/t28-,37?,38+,41+,44+/m1/s1. The van der Waals surface area contributed by atoms with Gasteiger partial charge in [-0.2, -0.15) is 0 Å². The molecule has 5 aromatic carbocycles. The number of imide groups is 1. The molecule has 2 aliphatic rings. The largest absolute Gasteiger partial charge is 0.478 e. The van der Waals surface area contributed by atoms with Gasteiger partial charge in [0.05, 0.1) is 37.3 Å². The molecule has 0 aliphatic carbocycles. The number of aliphatic hydroxyl groups is 1. The fourth-order valence-electron chi connectivity index (χ4n) is 7.02. The highest BCUT2D eigenvalue weighted by Crippen LogP contribution is 2.44. The lowest BCUT2D eigenvalue weighted by molar-refractivity contribution is -0.268. The van der Waals surface area contributed by atoms with E-state index in [1.54, 1.807) is 18.2 Å². The van der Waals surface area contributed by atoms with E-state index in [-0.39, 0.29) is 55.8 Å². The first kappa shape index (κ1) is 39.4. The number of aliphatic hydroxyl groups excluding tert-OH is 1. The van der Waals surface area contributed by atoms with Crippen molar-refractivity contribution in [1.82, 2.24) is 10.2 Å². The van der Waals surface area contributed by atoms with Crippen LogP contribution in [-0.4, -0.2) is 56.9 Å². The molecule has 3 amide bonds. The molecule has 11 nitrogen and oxygen atoms in total. The average Bonchev–Trinajstić information content (AvgIpc) is 3.50. The number of carboxylic acid groups (broad SMARTS) is 1. The number of carbonyl (C=O) groups excluding carboxylic acids is 3. The van der Waals surface area contributed by atoms with Gasteiger partial charge in [0.15, 0.2) is 6.29 Å². The van der Waals surface area contributed by atoms with Crippen molar-refractivity contribution in [1.29, 1.82) is 0 Å². The summed E-state index contributed by atoms with van der Waals surface area (Å²) in [6.07, 6.45) is -2.35. The minimum Gasteiger partial charge on any atom is -0.478 e. The van der Waals surface area contributed by atoms with E-state index in [4.69, 9.17) is 14.2 Å². The summed E-state index contributed by atoms with van der Waals surface area (Å²) in [7, 11) is 0. The van der Waals surface area contributed by atoms with E-state index in [1.165, 1.54) is 11.8 Å². The SMILES string of the molecule is C[C@@H]1[C@H](CSc2ccccc2C(=O)O)O[C@H](c2cccc(-c3cccc(CN4C(=O)CC(NC(=O)OCc5ccccc5)C4=O)c3)c2)O[C@@H]1c1ccc(CO)cc1. The monoisotopic (exact) mass is 786 g/mol. The lowest BCUT2D eigenvalue weighted by Crippen LogP contribution is -2.41. The molecule has 57 heavy (non-hydrogen) atoms. The van der Waals surface area contributed by atoms with Crippen LogP contribution in [0.25, 0.3) is 11.1 Å². The van der Waals surface area contributed by atoms with Gasteiger partial charge in [0.25, 0.3) is 5.91 Å². The zero-order valence-electron chi connectivity index (χ0n) is 31.2. The van der Waals surface area contributed by atoms with E-state index < -0.39 is 30.3 Å². The number of hydrogen-bond donors (Lipinski definition) is 3. The molecule has 0 aromatic heterocycles. The smallest absolute Gasteiger partial charge is 0.408 e. The van der Waals surface area contributed by atoms with E-state index in [0.29, 0.717) is 10.6 Å². The summed E-state index contributed by atoms with van der Waals surface area (Å²) >= 11 is 1.43. The first-order valence-electron chi connectivity index (χ1n) is 18.6. The van der Waals surface area contributed by atoms with Crippen molar-refractivity contribution >= 4 is 35.6 Å². The molecule has 7 rings (SSSR count). The van der Waals surface area contributed by atoms with Crippen molar-refractivity contribution in [2.75, 3.05) is 5.75 Å². The molecule has 0 bridgehead atoms. The van der Waals surface area contributed by atoms with Crippen molar-refractivity contribution in [2.45, 2.75) is 62.5 Å². The number of likely N-dealkylation sites (tertiary alicyclic amines) is 1. The van der Waals surface area contributed by atoms with Gasteiger partial charge in [-0.25, -0.2) is 9.59 Å². The van der Waals surface area contributed by atoms with E-state index >= 15 is 0 Å². The minimum absolute atomic E-state index is 0.0380. The molecule has 0 spiro atoms. The summed E-state index contributed by atoms with van der Waals surface area (Å²) in [5, 5.41) is 21.9. The summed E-state index contributed by atoms with van der Waals surface area (Å²) < 4.78 is 18.6. The number of carbonyl (C=O) groups is 4. The Labute approximate surface area is 334 Å². The molecule has 3 N–H and O–H groups in total. The number of thioether (sulfide) groups is 1. The van der Waals surface area contributed by atoms with Crippen molar-refractivity contribution in [2.24, 2.45) is 5.92 Å². The molecule has 12 heteroatoms. The summed E-state index contributed by atoms with van der Waals surface area (Å²) in [6, 6.07) is 38.1. The fourth-order valence-corrected chi connectivity index (χ4v) is 8.23. The predicted octanol–water partition coefficient (Wildman–Crippen LogP) is 7.68. The summed E-state index contributed by atoms with van der Waals surface area (Å²) in [4.78, 5) is 52.4. The Morgan fingerprint density at radius 3 is 2.26 bits per heavy atom. The summed E-state index contributed by atoms with van der Waals surface area (Å²) in [6.45, 7) is 2.07. The summed E-state index contributed by atoms with van der Waals surface area (Å²) in [5.74, 6) is -1.49. The van der Waals surface area contributed by atoms with Crippen LogP contribution in [0.15, 0.2) is 132 Å². The van der Waals surface area contributed by atoms with Crippen molar-refractivity contribution < 1.29 is 43.6 Å². The highest BCUT2D eigenvalue weighted by atomic mass is 32.2. The normalized spacial score (nSPS) is 20.7. The van der Waals surface area contributed by atoms with Gasteiger partial charge >= 0.3 is 12.1 Å². The maximum atomic E-state index is 13.3. The van der Waals surface area contributed by atoms with Crippen LogP contribution in [0.2, 0.25) is 0 Å². The van der Waals surface area contributed by atoms with Crippen LogP contribution in [0.4, 0.5) is 4.79 Å². The average molecular weight is 787 g/mol. The molecular formula is C45H42N2O9S. The van der Waals surface area contributed by atoms with Crippen molar-refractivity contribution in [3.8, 4) is 11.1 Å². The van der Waals surface area contributed by atoms with Crippen LogP contribution < -0.4 is 5.32 Å². The number of benzene rings is 5. The number of nitrogens with one attached hydrogen (secondary N) is 1. The first-order valence-corrected chi connectivity index (χ1v) is 19.6. The molecule has 2 saturated heterocycles. The van der Waals surface area contributed by atoms with Crippen molar-refractivity contribution in [3.63, 3.8) is 0 Å². The van der Waals surface area contributed by atoms with Gasteiger partial charge in [0.2, 0.25) is 5.91 Å². The molecule has 2 aliphatic heterocycles. The number of aromatic carboxylic acids is 1. The molecule has 5 aromatic rings. The lowest BCUT2D eigenvalue weighted by atomic mass is 9.91. The Kier molecular flexibility index (Phi) is 12.4. The zero-order valence-corrected chi connectivity index (χ0v) is 32.0. The highest BCUT2D eigenvalue weighted by molar-refractivity contribution is 7.99. The number of alkyl carbamates (subject to hydrolysis) is 1. The molecule has 5 atom stereocenters. The second-order valence-corrected chi connectivity index (χ2v) is 15.1. The predicted molar refractivity (Wildman–Crippen MR) is 213 cm³/mol. The first-order chi connectivity index (χ1) is 27.7. The Morgan fingerprint density at radius 2 is 1.51 bits per heavy atom. The molecule has 2 fully saturated rings. The Balaban J connectivity index is 1.06. The minimum atomic E-state index is -1.01. The number of amides is 3. The van der Waals surface area contributed by atoms with Gasteiger partial charge in [-0.15, -0.1) is 11.8 Å². The Bertz CT molecular complexity index is 2230. The van der Waals surface area contributed by atoms with Gasteiger partial charge in [0, 0.05) is 22.1 Å². The van der Waals surface area contributed by atoms with Crippen LogP contribution in [0.5, 0.6) is 0 Å². The van der Waals surface area contributed by atoms with Gasteiger partial charge in [-0.05, 0) is 57.6 Å².